The van der Waals surface area contributed by atoms with E-state index in [0.29, 0.717) is 12.2 Å². The van der Waals surface area contributed by atoms with Crippen molar-refractivity contribution in [1.29, 1.82) is 0 Å². The highest BCUT2D eigenvalue weighted by Crippen LogP contribution is 2.13. The van der Waals surface area contributed by atoms with Crippen molar-refractivity contribution in [2.24, 2.45) is 0 Å². The van der Waals surface area contributed by atoms with Crippen LogP contribution in [-0.4, -0.2) is 23.5 Å². The second-order valence-corrected chi connectivity index (χ2v) is 3.33. The Balaban J connectivity index is 2.34. The predicted molar refractivity (Wildman–Crippen MR) is 60.0 cm³/mol. The molecule has 0 aromatic heterocycles. The molecular weight excluding hydrogens is 208 g/mol. The molecule has 0 aliphatic rings. The molecule has 0 heterocycles. The van der Waals surface area contributed by atoms with E-state index in [2.05, 4.69) is 10.6 Å². The first-order valence-corrected chi connectivity index (χ1v) is 4.91. The van der Waals surface area contributed by atoms with Gasteiger partial charge in [0.2, 0.25) is 11.8 Å². The quantitative estimate of drug-likeness (QED) is 0.661. The number of hydrogen-bond donors (Lipinski definition) is 3. The Morgan fingerprint density at radius 3 is 2.44 bits per heavy atom. The lowest BCUT2D eigenvalue weighted by atomic mass is 10.3. The summed E-state index contributed by atoms with van der Waals surface area (Å²) in [5.74, 6) is -0.187. The van der Waals surface area contributed by atoms with Crippen molar-refractivity contribution in [3.05, 3.63) is 24.3 Å². The first kappa shape index (κ1) is 12.0. The SMILES string of the molecule is CC(=O)NCCC(=O)Nc1ccc(O)cc1. The number of anilines is 1. The Morgan fingerprint density at radius 1 is 1.25 bits per heavy atom. The predicted octanol–water partition coefficient (Wildman–Crippen LogP) is 0.857. The van der Waals surface area contributed by atoms with E-state index in [1.807, 2.05) is 0 Å². The number of nitrogens with one attached hydrogen (secondary N) is 2. The van der Waals surface area contributed by atoms with Crippen molar-refractivity contribution in [3.63, 3.8) is 0 Å². The van der Waals surface area contributed by atoms with Crippen molar-refractivity contribution in [1.82, 2.24) is 5.32 Å². The van der Waals surface area contributed by atoms with Gasteiger partial charge in [-0.1, -0.05) is 0 Å². The van der Waals surface area contributed by atoms with Gasteiger partial charge in [0.1, 0.15) is 5.75 Å². The molecule has 2 amide bonds. The average Bonchev–Trinajstić information content (AvgIpc) is 2.21. The van der Waals surface area contributed by atoms with E-state index in [0.717, 1.165) is 0 Å². The molecule has 0 atom stereocenters. The molecule has 0 saturated heterocycles. The number of phenolic OH excluding ortho intramolecular Hbond substituents is 1. The highest BCUT2D eigenvalue weighted by molar-refractivity contribution is 5.91. The fourth-order valence-corrected chi connectivity index (χ4v) is 1.12. The molecule has 0 radical (unpaired) electrons. The van der Waals surface area contributed by atoms with Gasteiger partial charge >= 0.3 is 0 Å². The van der Waals surface area contributed by atoms with Gasteiger partial charge in [0.05, 0.1) is 0 Å². The van der Waals surface area contributed by atoms with Crippen LogP contribution in [0.2, 0.25) is 0 Å². The van der Waals surface area contributed by atoms with E-state index in [1.54, 1.807) is 12.1 Å². The number of carbonyl (C=O) groups excluding carboxylic acids is 2. The van der Waals surface area contributed by atoms with Crippen LogP contribution >= 0.6 is 0 Å². The number of hydrogen-bond acceptors (Lipinski definition) is 3. The summed E-state index contributed by atoms with van der Waals surface area (Å²) in [7, 11) is 0. The molecule has 1 rings (SSSR count). The average molecular weight is 222 g/mol. The molecule has 0 saturated carbocycles. The summed E-state index contributed by atoms with van der Waals surface area (Å²) in [6.07, 6.45) is 0.223. The Morgan fingerprint density at radius 2 is 1.88 bits per heavy atom. The van der Waals surface area contributed by atoms with E-state index >= 15 is 0 Å². The number of phenols is 1. The minimum atomic E-state index is -0.181. The summed E-state index contributed by atoms with van der Waals surface area (Å²) in [5.41, 5.74) is 0.616. The van der Waals surface area contributed by atoms with Crippen molar-refractivity contribution in [2.75, 3.05) is 11.9 Å². The van der Waals surface area contributed by atoms with Crippen LogP contribution in [0, 0.1) is 0 Å². The van der Waals surface area contributed by atoms with E-state index < -0.39 is 0 Å². The second-order valence-electron chi connectivity index (χ2n) is 3.33. The number of amides is 2. The second kappa shape index (κ2) is 5.75. The zero-order valence-electron chi connectivity index (χ0n) is 8.99. The van der Waals surface area contributed by atoms with E-state index in [4.69, 9.17) is 5.11 Å². The highest BCUT2D eigenvalue weighted by Gasteiger charge is 2.02. The van der Waals surface area contributed by atoms with E-state index in [-0.39, 0.29) is 24.0 Å². The third-order valence-corrected chi connectivity index (χ3v) is 1.88. The molecule has 5 nitrogen and oxygen atoms in total. The molecule has 5 heteroatoms. The molecule has 0 unspecified atom stereocenters. The third-order valence-electron chi connectivity index (χ3n) is 1.88. The molecule has 3 N–H and O–H groups in total. The van der Waals surface area contributed by atoms with Gasteiger partial charge in [-0.15, -0.1) is 0 Å². The first-order chi connectivity index (χ1) is 7.58. The number of carbonyl (C=O) groups is 2. The third kappa shape index (κ3) is 4.45. The zero-order chi connectivity index (χ0) is 12.0. The van der Waals surface area contributed by atoms with Crippen molar-refractivity contribution in [3.8, 4) is 5.75 Å². The van der Waals surface area contributed by atoms with Gasteiger partial charge in [-0.25, -0.2) is 0 Å². The monoisotopic (exact) mass is 222 g/mol. The summed E-state index contributed by atoms with van der Waals surface area (Å²) in [6, 6.07) is 6.18. The van der Waals surface area contributed by atoms with Gasteiger partial charge in [-0.2, -0.15) is 0 Å². The lowest BCUT2D eigenvalue weighted by Gasteiger charge is -2.05. The first-order valence-electron chi connectivity index (χ1n) is 4.91. The van der Waals surface area contributed by atoms with Crippen LogP contribution in [0.15, 0.2) is 24.3 Å². The maximum Gasteiger partial charge on any atom is 0.226 e. The summed E-state index contributed by atoms with van der Waals surface area (Å²) in [4.78, 5) is 21.9. The minimum absolute atomic E-state index is 0.149. The van der Waals surface area contributed by atoms with Gasteiger partial charge in [-0.05, 0) is 24.3 Å². The Kier molecular flexibility index (Phi) is 4.32. The van der Waals surface area contributed by atoms with Gasteiger partial charge in [0, 0.05) is 25.6 Å². The Hall–Kier alpha value is -2.04. The largest absolute Gasteiger partial charge is 0.508 e. The van der Waals surface area contributed by atoms with Crippen LogP contribution in [0.25, 0.3) is 0 Å². The fourth-order valence-electron chi connectivity index (χ4n) is 1.12. The van der Waals surface area contributed by atoms with Crippen LogP contribution in [-0.2, 0) is 9.59 Å². The van der Waals surface area contributed by atoms with Gasteiger partial charge < -0.3 is 15.7 Å². The van der Waals surface area contributed by atoms with E-state index in [1.165, 1.54) is 19.1 Å². The zero-order valence-corrected chi connectivity index (χ0v) is 8.99. The molecule has 0 fully saturated rings. The summed E-state index contributed by atoms with van der Waals surface area (Å²) in [6.45, 7) is 1.72. The minimum Gasteiger partial charge on any atom is -0.508 e. The molecule has 0 aliphatic heterocycles. The molecular formula is C11H14N2O3. The maximum atomic E-state index is 11.4. The van der Waals surface area contributed by atoms with Crippen molar-refractivity contribution in [2.45, 2.75) is 13.3 Å². The van der Waals surface area contributed by atoms with Crippen molar-refractivity contribution < 1.29 is 14.7 Å². The van der Waals surface area contributed by atoms with Crippen LogP contribution < -0.4 is 10.6 Å². The normalized spacial score (nSPS) is 9.56. The molecule has 0 aliphatic carbocycles. The molecule has 0 bridgehead atoms. The van der Waals surface area contributed by atoms with Crippen LogP contribution in [0.3, 0.4) is 0 Å². The fraction of sp³-hybridized carbons (Fsp3) is 0.273. The number of benzene rings is 1. The van der Waals surface area contributed by atoms with Crippen LogP contribution in [0.1, 0.15) is 13.3 Å². The topological polar surface area (TPSA) is 78.4 Å². The molecule has 1 aromatic carbocycles. The van der Waals surface area contributed by atoms with Crippen LogP contribution in [0.4, 0.5) is 5.69 Å². The van der Waals surface area contributed by atoms with Crippen molar-refractivity contribution >= 4 is 17.5 Å². The number of aromatic hydroxyl groups is 1. The Labute approximate surface area is 93.5 Å². The van der Waals surface area contributed by atoms with Gasteiger partial charge in [0.15, 0.2) is 0 Å². The van der Waals surface area contributed by atoms with E-state index in [9.17, 15) is 9.59 Å². The smallest absolute Gasteiger partial charge is 0.226 e. The highest BCUT2D eigenvalue weighted by atomic mass is 16.3. The molecule has 1 aromatic rings. The summed E-state index contributed by atoms with van der Waals surface area (Å²) >= 11 is 0. The summed E-state index contributed by atoms with van der Waals surface area (Å²) in [5, 5.41) is 14.2. The standard InChI is InChI=1S/C11H14N2O3/c1-8(14)12-7-6-11(16)13-9-2-4-10(15)5-3-9/h2-5,15H,6-7H2,1H3,(H,12,14)(H,13,16). The van der Waals surface area contributed by atoms with Crippen LogP contribution in [0.5, 0.6) is 5.75 Å². The lowest BCUT2D eigenvalue weighted by molar-refractivity contribution is -0.119. The Bertz CT molecular complexity index is 373. The molecule has 0 spiro atoms. The number of rotatable bonds is 4. The lowest BCUT2D eigenvalue weighted by Crippen LogP contribution is -2.25. The molecule has 16 heavy (non-hydrogen) atoms. The van der Waals surface area contributed by atoms with Gasteiger partial charge in [-0.3, -0.25) is 9.59 Å². The van der Waals surface area contributed by atoms with Gasteiger partial charge in [0.25, 0.3) is 0 Å². The molecule has 86 valence electrons. The summed E-state index contributed by atoms with van der Waals surface area (Å²) < 4.78 is 0. The maximum absolute atomic E-state index is 11.4.